The topological polar surface area (TPSA) is 68.4 Å². The Morgan fingerprint density at radius 1 is 0.944 bits per heavy atom. The Bertz CT molecular complexity index is 1500. The maximum absolute atomic E-state index is 13.1. The molecule has 1 amide bonds. The third kappa shape index (κ3) is 4.22. The molecule has 7 heteroatoms. The molecule has 1 aromatic heterocycles. The monoisotopic (exact) mass is 495 g/mol. The Kier molecular flexibility index (Phi) is 6.24. The summed E-state index contributed by atoms with van der Waals surface area (Å²) in [6.45, 7) is 6.77. The maximum Gasteiger partial charge on any atom is 0.269 e. The van der Waals surface area contributed by atoms with Gasteiger partial charge in [0.05, 0.1) is 10.6 Å². The second-order valence-corrected chi connectivity index (χ2v) is 9.78. The fraction of sp³-hybridized carbons (Fsp3) is 0.138. The minimum absolute atomic E-state index is 0.0381. The number of carbonyl (C=O) groups is 1. The molecule has 0 spiro atoms. The molecule has 0 N–H and O–H groups in total. The number of aryl methyl sites for hydroxylation is 1. The standard InChI is InChI=1S/C29H25N3O3S/c1-4-30-28-8-6-5-7-26(28)27(29(30)33)18-21-17-19(2)31(20(21)3)22-9-13-24(14-10-22)36-25-15-11-23(12-16-25)32(34)35/h5-18H,4H2,1-3H3/b27-18+. The van der Waals surface area contributed by atoms with Crippen LogP contribution in [0, 0.1) is 24.0 Å². The smallest absolute Gasteiger partial charge is 0.269 e. The Hall–Kier alpha value is -4.10. The van der Waals surface area contributed by atoms with E-state index in [2.05, 4.69) is 36.6 Å². The number of anilines is 1. The van der Waals surface area contributed by atoms with Crippen molar-refractivity contribution in [3.63, 3.8) is 0 Å². The zero-order valence-electron chi connectivity index (χ0n) is 20.3. The molecule has 0 saturated heterocycles. The van der Waals surface area contributed by atoms with Crippen LogP contribution in [0.4, 0.5) is 11.4 Å². The average Bonchev–Trinajstić information content (AvgIpc) is 3.31. The first-order chi connectivity index (χ1) is 17.4. The van der Waals surface area contributed by atoms with Gasteiger partial charge in [0, 0.05) is 56.7 Å². The van der Waals surface area contributed by atoms with Gasteiger partial charge in [0.25, 0.3) is 11.6 Å². The van der Waals surface area contributed by atoms with E-state index in [-0.39, 0.29) is 11.6 Å². The number of fused-ring (bicyclic) bond motifs is 1. The molecule has 0 atom stereocenters. The summed E-state index contributed by atoms with van der Waals surface area (Å²) in [6, 6.07) is 24.9. The van der Waals surface area contributed by atoms with Crippen molar-refractivity contribution in [1.29, 1.82) is 0 Å². The molecule has 0 radical (unpaired) electrons. The molecular formula is C29H25N3O3S. The molecule has 3 aromatic carbocycles. The first-order valence-corrected chi connectivity index (χ1v) is 12.5. The summed E-state index contributed by atoms with van der Waals surface area (Å²) in [5, 5.41) is 10.9. The normalized spacial score (nSPS) is 13.9. The number of nitrogens with zero attached hydrogens (tertiary/aromatic N) is 3. The van der Waals surface area contributed by atoms with Gasteiger partial charge < -0.3 is 9.47 Å². The van der Waals surface area contributed by atoms with E-state index in [1.165, 1.54) is 12.1 Å². The number of nitro benzene ring substituents is 1. The largest absolute Gasteiger partial charge is 0.318 e. The summed E-state index contributed by atoms with van der Waals surface area (Å²) in [5.74, 6) is 0.0381. The van der Waals surface area contributed by atoms with Crippen molar-refractivity contribution in [3.8, 4) is 5.69 Å². The number of carbonyl (C=O) groups excluding carboxylic acids is 1. The van der Waals surface area contributed by atoms with E-state index >= 15 is 0 Å². The van der Waals surface area contributed by atoms with Gasteiger partial charge in [-0.15, -0.1) is 0 Å². The molecule has 2 heterocycles. The van der Waals surface area contributed by atoms with Gasteiger partial charge in [-0.2, -0.15) is 0 Å². The van der Waals surface area contributed by atoms with Crippen molar-refractivity contribution in [2.45, 2.75) is 30.6 Å². The lowest BCUT2D eigenvalue weighted by atomic mass is 10.0. The summed E-state index contributed by atoms with van der Waals surface area (Å²) < 4.78 is 2.19. The first kappa shape index (κ1) is 23.6. The summed E-state index contributed by atoms with van der Waals surface area (Å²) in [4.78, 5) is 27.4. The van der Waals surface area contributed by atoms with Crippen molar-refractivity contribution < 1.29 is 9.72 Å². The van der Waals surface area contributed by atoms with Crippen molar-refractivity contribution in [2.75, 3.05) is 11.4 Å². The minimum Gasteiger partial charge on any atom is -0.318 e. The van der Waals surface area contributed by atoms with Crippen molar-refractivity contribution in [3.05, 3.63) is 111 Å². The predicted octanol–water partition coefficient (Wildman–Crippen LogP) is 7.06. The Morgan fingerprint density at radius 2 is 1.58 bits per heavy atom. The van der Waals surface area contributed by atoms with Gasteiger partial charge in [0.1, 0.15) is 0 Å². The summed E-state index contributed by atoms with van der Waals surface area (Å²) in [7, 11) is 0. The third-order valence-corrected chi connectivity index (χ3v) is 7.44. The quantitative estimate of drug-likeness (QED) is 0.163. The first-order valence-electron chi connectivity index (χ1n) is 11.7. The minimum atomic E-state index is -0.392. The summed E-state index contributed by atoms with van der Waals surface area (Å²) in [5.41, 5.74) is 6.96. The number of benzene rings is 3. The van der Waals surface area contributed by atoms with Crippen LogP contribution in [-0.4, -0.2) is 21.9 Å². The second kappa shape index (κ2) is 9.51. The number of non-ortho nitro benzene ring substituents is 1. The lowest BCUT2D eigenvalue weighted by Crippen LogP contribution is -2.25. The molecule has 0 unspecified atom stereocenters. The van der Waals surface area contributed by atoms with Crippen LogP contribution >= 0.6 is 11.8 Å². The molecule has 36 heavy (non-hydrogen) atoms. The highest BCUT2D eigenvalue weighted by Gasteiger charge is 2.31. The van der Waals surface area contributed by atoms with E-state index in [4.69, 9.17) is 0 Å². The molecular weight excluding hydrogens is 470 g/mol. The Balaban J connectivity index is 1.42. The summed E-state index contributed by atoms with van der Waals surface area (Å²) in [6.07, 6.45) is 2.01. The zero-order valence-corrected chi connectivity index (χ0v) is 21.1. The number of aromatic nitrogens is 1. The van der Waals surface area contributed by atoms with Gasteiger partial charge in [-0.25, -0.2) is 0 Å². The van der Waals surface area contributed by atoms with Crippen LogP contribution in [0.25, 0.3) is 17.3 Å². The van der Waals surface area contributed by atoms with Crippen molar-refractivity contribution in [2.24, 2.45) is 0 Å². The van der Waals surface area contributed by atoms with Gasteiger partial charge in [-0.1, -0.05) is 30.0 Å². The van der Waals surface area contributed by atoms with Gasteiger partial charge in [-0.3, -0.25) is 14.9 Å². The van der Waals surface area contributed by atoms with Crippen LogP contribution in [0.3, 0.4) is 0 Å². The molecule has 4 aromatic rings. The predicted molar refractivity (Wildman–Crippen MR) is 145 cm³/mol. The molecule has 1 aliphatic rings. The zero-order chi connectivity index (χ0) is 25.4. The van der Waals surface area contributed by atoms with E-state index in [1.54, 1.807) is 23.9 Å². The van der Waals surface area contributed by atoms with E-state index in [0.29, 0.717) is 6.54 Å². The lowest BCUT2D eigenvalue weighted by molar-refractivity contribution is -0.384. The van der Waals surface area contributed by atoms with Gasteiger partial charge in [0.2, 0.25) is 0 Å². The van der Waals surface area contributed by atoms with Crippen molar-refractivity contribution in [1.82, 2.24) is 4.57 Å². The Labute approximate surface area is 214 Å². The highest BCUT2D eigenvalue weighted by molar-refractivity contribution is 7.99. The molecule has 0 aliphatic carbocycles. The SMILES string of the molecule is CCN1C(=O)/C(=C/c2cc(C)n(-c3ccc(Sc4ccc([N+](=O)[O-])cc4)cc3)c2C)c2ccccc21. The molecule has 0 bridgehead atoms. The number of nitro groups is 1. The van der Waals surface area contributed by atoms with Crippen LogP contribution in [0.1, 0.15) is 29.4 Å². The maximum atomic E-state index is 13.1. The average molecular weight is 496 g/mol. The molecule has 5 rings (SSSR count). The number of hydrogen-bond donors (Lipinski definition) is 0. The van der Waals surface area contributed by atoms with E-state index < -0.39 is 4.92 Å². The van der Waals surface area contributed by atoms with E-state index in [0.717, 1.165) is 49.3 Å². The molecule has 180 valence electrons. The summed E-state index contributed by atoms with van der Waals surface area (Å²) >= 11 is 1.56. The number of hydrogen-bond acceptors (Lipinski definition) is 4. The van der Waals surface area contributed by atoms with Crippen molar-refractivity contribution >= 4 is 40.7 Å². The van der Waals surface area contributed by atoms with Crippen LogP contribution in [-0.2, 0) is 4.79 Å². The Morgan fingerprint density at radius 3 is 2.22 bits per heavy atom. The third-order valence-electron chi connectivity index (χ3n) is 6.43. The van der Waals surface area contributed by atoms with Gasteiger partial charge in [-0.05, 0) is 80.9 Å². The number of likely N-dealkylation sites (N-methyl/N-ethyl adjacent to an activating group) is 1. The van der Waals surface area contributed by atoms with Gasteiger partial charge in [0.15, 0.2) is 0 Å². The van der Waals surface area contributed by atoms with E-state index in [1.807, 2.05) is 54.3 Å². The fourth-order valence-corrected chi connectivity index (χ4v) is 5.50. The van der Waals surface area contributed by atoms with Crippen LogP contribution in [0.2, 0.25) is 0 Å². The molecule has 0 fully saturated rings. The number of amides is 1. The molecule has 0 saturated carbocycles. The number of para-hydroxylation sites is 1. The molecule has 6 nitrogen and oxygen atoms in total. The number of rotatable bonds is 6. The second-order valence-electron chi connectivity index (χ2n) is 8.63. The van der Waals surface area contributed by atoms with Crippen LogP contribution in [0.15, 0.2) is 88.7 Å². The molecule has 1 aliphatic heterocycles. The highest BCUT2D eigenvalue weighted by atomic mass is 32.2. The van der Waals surface area contributed by atoms with Gasteiger partial charge >= 0.3 is 0 Å². The lowest BCUT2D eigenvalue weighted by Gasteiger charge is -2.13. The van der Waals surface area contributed by atoms with Crippen LogP contribution < -0.4 is 4.90 Å². The fourth-order valence-electron chi connectivity index (χ4n) is 4.68. The van der Waals surface area contributed by atoms with E-state index in [9.17, 15) is 14.9 Å². The van der Waals surface area contributed by atoms with Crippen LogP contribution in [0.5, 0.6) is 0 Å². The highest BCUT2D eigenvalue weighted by Crippen LogP contribution is 2.38.